The third-order valence-electron chi connectivity index (χ3n) is 4.09. The number of nitrogens with zero attached hydrogens (tertiary/aromatic N) is 1. The van der Waals surface area contributed by atoms with Gasteiger partial charge in [-0.25, -0.2) is 9.79 Å². The lowest BCUT2D eigenvalue weighted by molar-refractivity contribution is -0.129. The quantitative estimate of drug-likeness (QED) is 0.350. The van der Waals surface area contributed by atoms with E-state index in [0.29, 0.717) is 35.3 Å². The molecule has 5 nitrogen and oxygen atoms in total. The van der Waals surface area contributed by atoms with E-state index in [-0.39, 0.29) is 11.6 Å². The average molecular weight is 412 g/mol. The zero-order valence-electron chi connectivity index (χ0n) is 16.6. The fourth-order valence-corrected chi connectivity index (χ4v) is 3.04. The first-order valence-electron chi connectivity index (χ1n) is 9.21. The summed E-state index contributed by atoms with van der Waals surface area (Å²) >= 11 is 6.41. The van der Waals surface area contributed by atoms with Crippen LogP contribution in [0.25, 0.3) is 6.08 Å². The molecule has 0 aromatic heterocycles. The fraction of sp³-hybridized carbons (Fsp3) is 0.217. The first kappa shape index (κ1) is 20.7. The zero-order chi connectivity index (χ0) is 21.0. The van der Waals surface area contributed by atoms with Gasteiger partial charge in [0.1, 0.15) is 6.61 Å². The second kappa shape index (κ2) is 8.97. The van der Waals surface area contributed by atoms with Crippen molar-refractivity contribution in [2.45, 2.75) is 20.8 Å². The third kappa shape index (κ3) is 4.87. The molecule has 2 aromatic rings. The first-order valence-corrected chi connectivity index (χ1v) is 9.59. The van der Waals surface area contributed by atoms with Crippen molar-refractivity contribution in [3.63, 3.8) is 0 Å². The molecule has 0 aliphatic carbocycles. The molecular formula is C23H22ClNO4. The SMILES string of the molecule is C=C(C)COc1c(Cl)cc(/C=C2\N=C(c3ccccc3C)OC2=O)cc1OCC. The molecule has 6 heteroatoms. The van der Waals surface area contributed by atoms with Gasteiger partial charge in [-0.2, -0.15) is 0 Å². The molecule has 29 heavy (non-hydrogen) atoms. The minimum absolute atomic E-state index is 0.192. The largest absolute Gasteiger partial charge is 0.490 e. The monoisotopic (exact) mass is 411 g/mol. The third-order valence-corrected chi connectivity index (χ3v) is 4.37. The van der Waals surface area contributed by atoms with Crippen molar-refractivity contribution >= 4 is 29.5 Å². The molecule has 0 spiro atoms. The molecule has 0 atom stereocenters. The van der Waals surface area contributed by atoms with Crippen molar-refractivity contribution in [2.24, 2.45) is 4.99 Å². The van der Waals surface area contributed by atoms with Gasteiger partial charge in [-0.1, -0.05) is 36.4 Å². The topological polar surface area (TPSA) is 57.1 Å². The second-order valence-electron chi connectivity index (χ2n) is 6.66. The van der Waals surface area contributed by atoms with Gasteiger partial charge in [0, 0.05) is 5.56 Å². The number of benzene rings is 2. The molecule has 1 aliphatic rings. The molecule has 0 unspecified atom stereocenters. The van der Waals surface area contributed by atoms with Gasteiger partial charge in [0.25, 0.3) is 0 Å². The number of hydrogen-bond acceptors (Lipinski definition) is 5. The molecule has 0 saturated carbocycles. The number of hydrogen-bond donors (Lipinski definition) is 0. The van der Waals surface area contributed by atoms with Crippen LogP contribution in [-0.2, 0) is 9.53 Å². The van der Waals surface area contributed by atoms with E-state index in [1.54, 1.807) is 18.2 Å². The van der Waals surface area contributed by atoms with Crippen LogP contribution in [0.4, 0.5) is 0 Å². The average Bonchev–Trinajstić information content (AvgIpc) is 3.01. The van der Waals surface area contributed by atoms with Gasteiger partial charge in [-0.15, -0.1) is 0 Å². The van der Waals surface area contributed by atoms with Gasteiger partial charge in [-0.3, -0.25) is 0 Å². The van der Waals surface area contributed by atoms with Gasteiger partial charge < -0.3 is 14.2 Å². The molecule has 0 saturated heterocycles. The van der Waals surface area contributed by atoms with Gasteiger partial charge in [0.05, 0.1) is 11.6 Å². The summed E-state index contributed by atoms with van der Waals surface area (Å²) in [6.45, 7) is 10.3. The van der Waals surface area contributed by atoms with Crippen molar-refractivity contribution in [1.29, 1.82) is 0 Å². The minimum atomic E-state index is -0.514. The summed E-state index contributed by atoms with van der Waals surface area (Å²) in [5.41, 5.74) is 3.46. The predicted octanol–water partition coefficient (Wildman–Crippen LogP) is 5.35. The lowest BCUT2D eigenvalue weighted by atomic mass is 10.1. The molecule has 150 valence electrons. The zero-order valence-corrected chi connectivity index (χ0v) is 17.4. The Balaban J connectivity index is 1.96. The van der Waals surface area contributed by atoms with E-state index in [1.165, 1.54) is 0 Å². The molecule has 0 radical (unpaired) electrons. The van der Waals surface area contributed by atoms with Crippen LogP contribution in [0, 0.1) is 6.92 Å². The second-order valence-corrected chi connectivity index (χ2v) is 7.07. The molecule has 1 aliphatic heterocycles. The molecule has 3 rings (SSSR count). The van der Waals surface area contributed by atoms with Gasteiger partial charge in [0.15, 0.2) is 17.2 Å². The van der Waals surface area contributed by atoms with Crippen molar-refractivity contribution in [2.75, 3.05) is 13.2 Å². The predicted molar refractivity (Wildman–Crippen MR) is 115 cm³/mol. The molecule has 1 heterocycles. The number of aryl methyl sites for hydroxylation is 1. The van der Waals surface area contributed by atoms with Gasteiger partial charge >= 0.3 is 5.97 Å². The van der Waals surface area contributed by atoms with Crippen molar-refractivity contribution in [3.05, 3.63) is 76.0 Å². The van der Waals surface area contributed by atoms with Crippen molar-refractivity contribution < 1.29 is 19.0 Å². The summed E-state index contributed by atoms with van der Waals surface area (Å²) < 4.78 is 16.7. The van der Waals surface area contributed by atoms with Crippen LogP contribution in [0.1, 0.15) is 30.5 Å². The highest BCUT2D eigenvalue weighted by atomic mass is 35.5. The van der Waals surface area contributed by atoms with E-state index >= 15 is 0 Å². The summed E-state index contributed by atoms with van der Waals surface area (Å²) in [5.74, 6) is 0.705. The number of ether oxygens (including phenoxy) is 3. The molecule has 0 amide bonds. The standard InChI is InChI=1S/C23H22ClNO4/c1-5-27-20-12-16(10-18(24)21(20)28-13-14(2)3)11-19-23(26)29-22(25-19)17-9-7-6-8-15(17)4/h6-12H,2,5,13H2,1,3-4H3/b19-11-. The van der Waals surface area contributed by atoms with Crippen LogP contribution in [0.2, 0.25) is 5.02 Å². The molecular weight excluding hydrogens is 390 g/mol. The van der Waals surface area contributed by atoms with Crippen LogP contribution < -0.4 is 9.47 Å². The van der Waals surface area contributed by atoms with E-state index in [2.05, 4.69) is 11.6 Å². The number of cyclic esters (lactones) is 1. The Morgan fingerprint density at radius 1 is 1.28 bits per heavy atom. The molecule has 2 aromatic carbocycles. The number of aliphatic imine (C=N–C) groups is 1. The molecule has 0 N–H and O–H groups in total. The Morgan fingerprint density at radius 3 is 2.72 bits per heavy atom. The number of esters is 1. The Hall–Kier alpha value is -3.05. The lowest BCUT2D eigenvalue weighted by Gasteiger charge is -2.14. The normalized spacial score (nSPS) is 14.6. The number of carbonyl (C=O) groups is 1. The van der Waals surface area contributed by atoms with Gasteiger partial charge in [-0.05, 0) is 61.7 Å². The van der Waals surface area contributed by atoms with E-state index in [0.717, 1.165) is 16.7 Å². The lowest BCUT2D eigenvalue weighted by Crippen LogP contribution is -2.06. The maximum atomic E-state index is 12.3. The Morgan fingerprint density at radius 2 is 2.03 bits per heavy atom. The van der Waals surface area contributed by atoms with Crippen LogP contribution in [0.3, 0.4) is 0 Å². The summed E-state index contributed by atoms with van der Waals surface area (Å²) in [4.78, 5) is 16.7. The van der Waals surface area contributed by atoms with Crippen molar-refractivity contribution in [1.82, 2.24) is 0 Å². The number of carbonyl (C=O) groups excluding carboxylic acids is 1. The fourth-order valence-electron chi connectivity index (χ4n) is 2.76. The van der Waals surface area contributed by atoms with E-state index in [9.17, 15) is 4.79 Å². The Bertz CT molecular complexity index is 1020. The Labute approximate surface area is 175 Å². The van der Waals surface area contributed by atoms with E-state index in [1.807, 2.05) is 45.0 Å². The highest BCUT2D eigenvalue weighted by Crippen LogP contribution is 2.38. The number of halogens is 1. The summed E-state index contributed by atoms with van der Waals surface area (Å²) in [6, 6.07) is 11.0. The van der Waals surface area contributed by atoms with Gasteiger partial charge in [0.2, 0.25) is 5.90 Å². The maximum Gasteiger partial charge on any atom is 0.363 e. The first-order chi connectivity index (χ1) is 13.9. The van der Waals surface area contributed by atoms with Crippen LogP contribution in [0.15, 0.2) is 59.2 Å². The van der Waals surface area contributed by atoms with E-state index < -0.39 is 5.97 Å². The van der Waals surface area contributed by atoms with E-state index in [4.69, 9.17) is 25.8 Å². The molecule has 0 fully saturated rings. The van der Waals surface area contributed by atoms with Crippen LogP contribution in [-0.4, -0.2) is 25.1 Å². The highest BCUT2D eigenvalue weighted by molar-refractivity contribution is 6.32. The minimum Gasteiger partial charge on any atom is -0.490 e. The summed E-state index contributed by atoms with van der Waals surface area (Å²) in [6.07, 6.45) is 1.62. The maximum absolute atomic E-state index is 12.3. The smallest absolute Gasteiger partial charge is 0.363 e. The van der Waals surface area contributed by atoms with Crippen LogP contribution >= 0.6 is 11.6 Å². The Kier molecular flexibility index (Phi) is 6.39. The highest BCUT2D eigenvalue weighted by Gasteiger charge is 2.25. The number of rotatable bonds is 7. The summed E-state index contributed by atoms with van der Waals surface area (Å²) in [5, 5.41) is 0.374. The van der Waals surface area contributed by atoms with Crippen molar-refractivity contribution in [3.8, 4) is 11.5 Å². The van der Waals surface area contributed by atoms with Crippen LogP contribution in [0.5, 0.6) is 11.5 Å². The summed E-state index contributed by atoms with van der Waals surface area (Å²) in [7, 11) is 0. The molecule has 0 bridgehead atoms.